The van der Waals surface area contributed by atoms with Gasteiger partial charge in [0, 0.05) is 36.2 Å². The zero-order valence-electron chi connectivity index (χ0n) is 12.0. The van der Waals surface area contributed by atoms with E-state index in [2.05, 4.69) is 12.2 Å². The molecule has 2 saturated heterocycles. The third-order valence-electron chi connectivity index (χ3n) is 3.98. The Morgan fingerprint density at radius 2 is 1.95 bits per heavy atom. The Morgan fingerprint density at radius 3 is 2.47 bits per heavy atom. The van der Waals surface area contributed by atoms with Gasteiger partial charge in [-0.2, -0.15) is 11.8 Å². The van der Waals surface area contributed by atoms with E-state index >= 15 is 0 Å². The van der Waals surface area contributed by atoms with Gasteiger partial charge in [-0.15, -0.1) is 0 Å². The van der Waals surface area contributed by atoms with Crippen LogP contribution in [-0.4, -0.2) is 54.7 Å². The quantitative estimate of drug-likeness (QED) is 0.839. The van der Waals surface area contributed by atoms with Crippen LogP contribution in [0.15, 0.2) is 0 Å². The molecule has 2 heterocycles. The first kappa shape index (κ1) is 15.6. The molecule has 0 aromatic rings. The molecule has 0 radical (unpaired) electrons. The van der Waals surface area contributed by atoms with Crippen molar-refractivity contribution in [1.82, 2.24) is 9.62 Å². The molecule has 6 heteroatoms. The van der Waals surface area contributed by atoms with E-state index in [0.29, 0.717) is 37.3 Å². The number of hydrogen-bond donors (Lipinski definition) is 1. The molecule has 0 aliphatic carbocycles. The Morgan fingerprint density at radius 1 is 1.26 bits per heavy atom. The number of thioether (sulfide) groups is 1. The Labute approximate surface area is 121 Å². The molecule has 1 N–H and O–H groups in total. The Bertz CT molecular complexity index is 378. The summed E-state index contributed by atoms with van der Waals surface area (Å²) in [5.41, 5.74) is 0. The van der Waals surface area contributed by atoms with Gasteiger partial charge in [0.05, 0.1) is 5.75 Å². The summed E-state index contributed by atoms with van der Waals surface area (Å²) in [6.07, 6.45) is 3.87. The molecule has 2 rings (SSSR count). The van der Waals surface area contributed by atoms with Crippen LogP contribution in [0.4, 0.5) is 0 Å². The first-order valence-electron chi connectivity index (χ1n) is 7.36. The van der Waals surface area contributed by atoms with E-state index < -0.39 is 10.0 Å². The summed E-state index contributed by atoms with van der Waals surface area (Å²) < 4.78 is 25.6. The topological polar surface area (TPSA) is 49.4 Å². The molecular formula is C13H26N2O2S2. The molecule has 4 nitrogen and oxygen atoms in total. The fraction of sp³-hybridized carbons (Fsp3) is 1.00. The second-order valence-corrected chi connectivity index (χ2v) is 9.29. The highest BCUT2D eigenvalue weighted by Crippen LogP contribution is 2.27. The van der Waals surface area contributed by atoms with Crippen molar-refractivity contribution in [1.29, 1.82) is 0 Å². The van der Waals surface area contributed by atoms with Crippen LogP contribution >= 0.6 is 11.8 Å². The lowest BCUT2D eigenvalue weighted by atomic mass is 10.0. The van der Waals surface area contributed by atoms with Crippen molar-refractivity contribution in [2.24, 2.45) is 0 Å². The maximum absolute atomic E-state index is 12.0. The molecule has 2 atom stereocenters. The highest BCUT2D eigenvalue weighted by atomic mass is 32.2. The summed E-state index contributed by atoms with van der Waals surface area (Å²) in [4.78, 5) is 0. The van der Waals surface area contributed by atoms with Crippen LogP contribution in [0.3, 0.4) is 0 Å². The van der Waals surface area contributed by atoms with Gasteiger partial charge in [0.25, 0.3) is 0 Å². The second kappa shape index (κ2) is 6.78. The van der Waals surface area contributed by atoms with Gasteiger partial charge < -0.3 is 5.32 Å². The Hall–Kier alpha value is 0.220. The Kier molecular flexibility index (Phi) is 5.57. The van der Waals surface area contributed by atoms with Crippen LogP contribution in [0, 0.1) is 0 Å². The Balaban J connectivity index is 1.76. The van der Waals surface area contributed by atoms with Crippen LogP contribution in [0.25, 0.3) is 0 Å². The highest BCUT2D eigenvalue weighted by Gasteiger charge is 2.30. The molecule has 2 unspecified atom stereocenters. The SMILES string of the molecule is CCCS(=O)(=O)N1CCC(NC2CSC(C)C2)CC1. The van der Waals surface area contributed by atoms with Gasteiger partial charge in [-0.25, -0.2) is 12.7 Å². The number of nitrogens with one attached hydrogen (secondary N) is 1. The van der Waals surface area contributed by atoms with Crippen LogP contribution in [0.5, 0.6) is 0 Å². The van der Waals surface area contributed by atoms with Crippen molar-refractivity contribution in [3.63, 3.8) is 0 Å². The average Bonchev–Trinajstić information content (AvgIpc) is 2.75. The molecular weight excluding hydrogens is 280 g/mol. The van der Waals surface area contributed by atoms with Crippen LogP contribution in [0.1, 0.15) is 39.5 Å². The highest BCUT2D eigenvalue weighted by molar-refractivity contribution is 8.00. The van der Waals surface area contributed by atoms with Crippen molar-refractivity contribution in [2.45, 2.75) is 56.9 Å². The minimum absolute atomic E-state index is 0.294. The smallest absolute Gasteiger partial charge is 0.214 e. The third kappa shape index (κ3) is 4.34. The first-order valence-corrected chi connectivity index (χ1v) is 10.0. The zero-order chi connectivity index (χ0) is 13.9. The van der Waals surface area contributed by atoms with Crippen molar-refractivity contribution in [3.05, 3.63) is 0 Å². The monoisotopic (exact) mass is 306 g/mol. The number of piperidine rings is 1. The normalized spacial score (nSPS) is 30.8. The van der Waals surface area contributed by atoms with E-state index in [9.17, 15) is 8.42 Å². The van der Waals surface area contributed by atoms with E-state index in [4.69, 9.17) is 0 Å². The predicted octanol–water partition coefficient (Wildman–Crippen LogP) is 1.67. The number of rotatable bonds is 5. The van der Waals surface area contributed by atoms with Gasteiger partial charge in [0.2, 0.25) is 10.0 Å². The van der Waals surface area contributed by atoms with Gasteiger partial charge in [-0.1, -0.05) is 13.8 Å². The van der Waals surface area contributed by atoms with Crippen LogP contribution in [0.2, 0.25) is 0 Å². The molecule has 0 aromatic heterocycles. The maximum Gasteiger partial charge on any atom is 0.214 e. The fourth-order valence-corrected chi connectivity index (χ4v) is 5.66. The molecule has 0 saturated carbocycles. The number of sulfonamides is 1. The summed E-state index contributed by atoms with van der Waals surface area (Å²) in [5.74, 6) is 1.50. The molecule has 0 aromatic carbocycles. The summed E-state index contributed by atoms with van der Waals surface area (Å²) in [5, 5.41) is 4.48. The van der Waals surface area contributed by atoms with Gasteiger partial charge in [-0.05, 0) is 25.7 Å². The minimum Gasteiger partial charge on any atom is -0.310 e. The third-order valence-corrected chi connectivity index (χ3v) is 7.41. The summed E-state index contributed by atoms with van der Waals surface area (Å²) in [6, 6.07) is 1.13. The lowest BCUT2D eigenvalue weighted by molar-refractivity contribution is 0.276. The molecule has 2 aliphatic heterocycles. The predicted molar refractivity (Wildman–Crippen MR) is 82.1 cm³/mol. The zero-order valence-corrected chi connectivity index (χ0v) is 13.6. The van der Waals surface area contributed by atoms with E-state index in [-0.39, 0.29) is 0 Å². The van der Waals surface area contributed by atoms with Gasteiger partial charge >= 0.3 is 0 Å². The summed E-state index contributed by atoms with van der Waals surface area (Å²) >= 11 is 2.04. The molecule has 19 heavy (non-hydrogen) atoms. The standard InChI is InChI=1S/C13H26N2O2S2/c1-3-8-19(16,17)15-6-4-12(5-7-15)14-13-9-11(2)18-10-13/h11-14H,3-10H2,1-2H3. The van der Waals surface area contributed by atoms with E-state index in [1.807, 2.05) is 18.7 Å². The van der Waals surface area contributed by atoms with Crippen LogP contribution < -0.4 is 5.32 Å². The maximum atomic E-state index is 12.0. The minimum atomic E-state index is -2.99. The van der Waals surface area contributed by atoms with E-state index in [0.717, 1.165) is 18.1 Å². The van der Waals surface area contributed by atoms with Crippen molar-refractivity contribution in [2.75, 3.05) is 24.6 Å². The molecule has 2 aliphatic rings. The first-order chi connectivity index (χ1) is 9.01. The lowest BCUT2D eigenvalue weighted by Gasteiger charge is -2.33. The molecule has 2 fully saturated rings. The lowest BCUT2D eigenvalue weighted by Crippen LogP contribution is -2.48. The summed E-state index contributed by atoms with van der Waals surface area (Å²) in [6.45, 7) is 5.59. The number of nitrogens with zero attached hydrogens (tertiary/aromatic N) is 1. The van der Waals surface area contributed by atoms with Gasteiger partial charge in [0.1, 0.15) is 0 Å². The van der Waals surface area contributed by atoms with Crippen molar-refractivity contribution >= 4 is 21.8 Å². The van der Waals surface area contributed by atoms with Gasteiger partial charge in [-0.3, -0.25) is 0 Å². The summed E-state index contributed by atoms with van der Waals surface area (Å²) in [7, 11) is -2.99. The molecule has 0 amide bonds. The fourth-order valence-electron chi connectivity index (χ4n) is 2.95. The molecule has 0 spiro atoms. The van der Waals surface area contributed by atoms with Crippen molar-refractivity contribution in [3.8, 4) is 0 Å². The largest absolute Gasteiger partial charge is 0.310 e. The number of hydrogen-bond acceptors (Lipinski definition) is 4. The average molecular weight is 306 g/mol. The molecule has 112 valence electrons. The van der Waals surface area contributed by atoms with Gasteiger partial charge in [0.15, 0.2) is 0 Å². The van der Waals surface area contributed by atoms with E-state index in [1.54, 1.807) is 4.31 Å². The van der Waals surface area contributed by atoms with Crippen molar-refractivity contribution < 1.29 is 8.42 Å². The molecule has 0 bridgehead atoms. The second-order valence-electron chi connectivity index (χ2n) is 5.73. The van der Waals surface area contributed by atoms with E-state index in [1.165, 1.54) is 12.2 Å². The van der Waals surface area contributed by atoms with Crippen LogP contribution in [-0.2, 0) is 10.0 Å².